The molecule has 180 valence electrons. The number of carbonyl (C=O) groups excluding carboxylic acids is 1. The van der Waals surface area contributed by atoms with Gasteiger partial charge in [-0.05, 0) is 56.0 Å². The van der Waals surface area contributed by atoms with Gasteiger partial charge >= 0.3 is 0 Å². The van der Waals surface area contributed by atoms with Crippen molar-refractivity contribution in [1.29, 1.82) is 0 Å². The smallest absolute Gasteiger partial charge is 0.252 e. The standard InChI is InChI=1S/C27H30BrClFN3O/c1-3-7-18(21-9-4-5-10-23(21)29)15-31-27(34)25-17(2)26(33-13-6-8-20(30)16-33)32-24-12-11-19(28)14-22(24)25/h4-5,9-12,14,18,20H,3,6-8,13,15-16H2,1-2H3,(H,31,34). The van der Waals surface area contributed by atoms with Crippen molar-refractivity contribution in [3.05, 3.63) is 68.7 Å². The molecule has 1 saturated heterocycles. The highest BCUT2D eigenvalue weighted by molar-refractivity contribution is 9.10. The molecule has 1 aromatic heterocycles. The third-order valence-corrected chi connectivity index (χ3v) is 7.38. The molecule has 1 N–H and O–H groups in total. The summed E-state index contributed by atoms with van der Waals surface area (Å²) in [6.07, 6.45) is 2.38. The molecule has 2 atom stereocenters. The Morgan fingerprint density at radius 3 is 2.85 bits per heavy atom. The molecule has 0 saturated carbocycles. The molecular formula is C27H30BrClFN3O. The fraction of sp³-hybridized carbons (Fsp3) is 0.407. The van der Waals surface area contributed by atoms with E-state index in [1.54, 1.807) is 0 Å². The normalized spacial score (nSPS) is 17.1. The van der Waals surface area contributed by atoms with E-state index in [2.05, 4.69) is 28.2 Å². The molecule has 4 nitrogen and oxygen atoms in total. The van der Waals surface area contributed by atoms with Gasteiger partial charge in [0.15, 0.2) is 0 Å². The summed E-state index contributed by atoms with van der Waals surface area (Å²) in [5.74, 6) is 0.668. The first-order valence-electron chi connectivity index (χ1n) is 11.9. The second kappa shape index (κ2) is 11.0. The topological polar surface area (TPSA) is 45.2 Å². The van der Waals surface area contributed by atoms with Gasteiger partial charge < -0.3 is 10.2 Å². The number of aromatic nitrogens is 1. The SMILES string of the molecule is CCCC(CNC(=O)c1c(C)c(N2CCCC(F)C2)nc2ccc(Br)cc12)c1ccccc1Cl. The Kier molecular flexibility index (Phi) is 8.10. The van der Waals surface area contributed by atoms with Gasteiger partial charge in [0.2, 0.25) is 0 Å². The molecule has 1 aliphatic rings. The summed E-state index contributed by atoms with van der Waals surface area (Å²) in [6, 6.07) is 13.6. The highest BCUT2D eigenvalue weighted by Crippen LogP contribution is 2.33. The third kappa shape index (κ3) is 5.38. The van der Waals surface area contributed by atoms with Gasteiger partial charge in [-0.1, -0.05) is 59.1 Å². The van der Waals surface area contributed by atoms with E-state index in [1.165, 1.54) is 0 Å². The molecule has 1 aliphatic heterocycles. The first-order valence-corrected chi connectivity index (χ1v) is 13.1. The van der Waals surface area contributed by atoms with Crippen LogP contribution in [0.2, 0.25) is 5.02 Å². The second-order valence-corrected chi connectivity index (χ2v) is 10.3. The van der Waals surface area contributed by atoms with E-state index in [0.717, 1.165) is 57.3 Å². The minimum absolute atomic E-state index is 0.122. The number of carbonyl (C=O) groups is 1. The number of nitrogens with one attached hydrogen (secondary N) is 1. The Balaban J connectivity index is 1.69. The van der Waals surface area contributed by atoms with Crippen LogP contribution in [0.4, 0.5) is 10.2 Å². The Bertz CT molecular complexity index is 1190. The lowest BCUT2D eigenvalue weighted by Gasteiger charge is -2.32. The summed E-state index contributed by atoms with van der Waals surface area (Å²) in [5, 5.41) is 4.67. The highest BCUT2D eigenvalue weighted by Gasteiger charge is 2.26. The maximum atomic E-state index is 14.2. The molecule has 0 aliphatic carbocycles. The van der Waals surface area contributed by atoms with Crippen LogP contribution in [0.25, 0.3) is 10.9 Å². The maximum absolute atomic E-state index is 14.2. The highest BCUT2D eigenvalue weighted by atomic mass is 79.9. The van der Waals surface area contributed by atoms with Gasteiger partial charge in [0.05, 0.1) is 17.6 Å². The molecule has 4 rings (SSSR count). The lowest BCUT2D eigenvalue weighted by molar-refractivity contribution is 0.0951. The van der Waals surface area contributed by atoms with E-state index < -0.39 is 6.17 Å². The Hall–Kier alpha value is -2.18. The summed E-state index contributed by atoms with van der Waals surface area (Å²) in [7, 11) is 0. The van der Waals surface area contributed by atoms with Crippen LogP contribution in [0.5, 0.6) is 0 Å². The number of hydrogen-bond donors (Lipinski definition) is 1. The Morgan fingerprint density at radius 2 is 2.12 bits per heavy atom. The molecule has 34 heavy (non-hydrogen) atoms. The van der Waals surface area contributed by atoms with E-state index in [4.69, 9.17) is 16.6 Å². The number of nitrogens with zero attached hydrogens (tertiary/aromatic N) is 2. The van der Waals surface area contributed by atoms with E-state index >= 15 is 0 Å². The number of alkyl halides is 1. The van der Waals surface area contributed by atoms with Crippen LogP contribution in [0.1, 0.15) is 60.0 Å². The van der Waals surface area contributed by atoms with Crippen LogP contribution in [0.3, 0.4) is 0 Å². The van der Waals surface area contributed by atoms with Gasteiger partial charge in [-0.3, -0.25) is 4.79 Å². The number of rotatable bonds is 7. The number of amides is 1. The zero-order valence-corrected chi connectivity index (χ0v) is 21.9. The zero-order chi connectivity index (χ0) is 24.2. The summed E-state index contributed by atoms with van der Waals surface area (Å²) >= 11 is 9.99. The zero-order valence-electron chi connectivity index (χ0n) is 19.6. The van der Waals surface area contributed by atoms with Crippen LogP contribution in [0.15, 0.2) is 46.9 Å². The number of hydrogen-bond acceptors (Lipinski definition) is 3. The van der Waals surface area contributed by atoms with Crippen molar-refractivity contribution in [2.75, 3.05) is 24.5 Å². The molecule has 2 aromatic carbocycles. The van der Waals surface area contributed by atoms with E-state index in [1.807, 2.05) is 54.3 Å². The molecule has 7 heteroatoms. The summed E-state index contributed by atoms with van der Waals surface area (Å²) in [5.41, 5.74) is 3.15. The molecule has 0 bridgehead atoms. The molecule has 1 amide bonds. The molecule has 2 heterocycles. The quantitative estimate of drug-likeness (QED) is 0.340. The fourth-order valence-corrected chi connectivity index (χ4v) is 5.51. The van der Waals surface area contributed by atoms with Gasteiger partial charge in [0, 0.05) is 39.5 Å². The number of anilines is 1. The lowest BCUT2D eigenvalue weighted by Crippen LogP contribution is -2.38. The Labute approximate surface area is 214 Å². The molecule has 1 fully saturated rings. The van der Waals surface area contributed by atoms with Gasteiger partial charge in [-0.25, -0.2) is 9.37 Å². The molecule has 2 unspecified atom stereocenters. The van der Waals surface area contributed by atoms with E-state index in [9.17, 15) is 9.18 Å². The number of pyridine rings is 1. The third-order valence-electron chi connectivity index (χ3n) is 6.55. The van der Waals surface area contributed by atoms with Crippen LogP contribution in [-0.2, 0) is 0 Å². The lowest BCUT2D eigenvalue weighted by atomic mass is 9.94. The summed E-state index contributed by atoms with van der Waals surface area (Å²) in [6.45, 7) is 5.58. The largest absolute Gasteiger partial charge is 0.353 e. The van der Waals surface area contributed by atoms with Crippen LogP contribution in [0, 0.1) is 6.92 Å². The fourth-order valence-electron chi connectivity index (χ4n) is 4.86. The minimum atomic E-state index is -0.877. The van der Waals surface area contributed by atoms with Crippen molar-refractivity contribution in [1.82, 2.24) is 10.3 Å². The van der Waals surface area contributed by atoms with Crippen molar-refractivity contribution in [3.8, 4) is 0 Å². The van der Waals surface area contributed by atoms with Crippen molar-refractivity contribution >= 4 is 50.2 Å². The van der Waals surface area contributed by atoms with Crippen molar-refractivity contribution in [2.24, 2.45) is 0 Å². The van der Waals surface area contributed by atoms with Crippen molar-refractivity contribution in [2.45, 2.75) is 51.6 Å². The van der Waals surface area contributed by atoms with Gasteiger partial charge in [0.1, 0.15) is 12.0 Å². The maximum Gasteiger partial charge on any atom is 0.252 e. The summed E-state index contributed by atoms with van der Waals surface area (Å²) < 4.78 is 15.1. The van der Waals surface area contributed by atoms with Crippen LogP contribution in [-0.4, -0.2) is 36.7 Å². The number of piperidine rings is 1. The molecule has 0 radical (unpaired) electrons. The van der Waals surface area contributed by atoms with Gasteiger partial charge in [0.25, 0.3) is 5.91 Å². The number of halogens is 3. The molecular weight excluding hydrogens is 517 g/mol. The van der Waals surface area contributed by atoms with Gasteiger partial charge in [-0.15, -0.1) is 0 Å². The van der Waals surface area contributed by atoms with E-state index in [0.29, 0.717) is 30.9 Å². The second-order valence-electron chi connectivity index (χ2n) is 9.00. The predicted octanol–water partition coefficient (Wildman–Crippen LogP) is 7.21. The number of fused-ring (bicyclic) bond motifs is 1. The Morgan fingerprint density at radius 1 is 1.32 bits per heavy atom. The van der Waals surface area contributed by atoms with Crippen molar-refractivity contribution < 1.29 is 9.18 Å². The predicted molar refractivity (Wildman–Crippen MR) is 142 cm³/mol. The van der Waals surface area contributed by atoms with Crippen LogP contribution >= 0.6 is 27.5 Å². The minimum Gasteiger partial charge on any atom is -0.353 e. The average Bonchev–Trinajstić information content (AvgIpc) is 2.81. The monoisotopic (exact) mass is 545 g/mol. The van der Waals surface area contributed by atoms with Gasteiger partial charge in [-0.2, -0.15) is 0 Å². The first kappa shape index (κ1) is 24.9. The number of benzene rings is 2. The first-order chi connectivity index (χ1) is 16.4. The summed E-state index contributed by atoms with van der Waals surface area (Å²) in [4.78, 5) is 20.5. The van der Waals surface area contributed by atoms with Crippen LogP contribution < -0.4 is 10.2 Å². The average molecular weight is 547 g/mol. The van der Waals surface area contributed by atoms with E-state index in [-0.39, 0.29) is 11.8 Å². The molecule has 3 aromatic rings. The van der Waals surface area contributed by atoms with Crippen molar-refractivity contribution in [3.63, 3.8) is 0 Å². The molecule has 0 spiro atoms.